The van der Waals surface area contributed by atoms with Crippen LogP contribution in [0.2, 0.25) is 5.02 Å². The fourth-order valence-electron chi connectivity index (χ4n) is 2.89. The van der Waals surface area contributed by atoms with E-state index < -0.39 is 5.97 Å². The van der Waals surface area contributed by atoms with E-state index in [1.165, 1.54) is 0 Å². The van der Waals surface area contributed by atoms with Crippen LogP contribution < -0.4 is 0 Å². The monoisotopic (exact) mass is 333 g/mol. The van der Waals surface area contributed by atoms with Crippen LogP contribution in [0.1, 0.15) is 10.4 Å². The Labute approximate surface area is 143 Å². The Morgan fingerprint density at radius 2 is 1.67 bits per heavy atom. The zero-order valence-corrected chi connectivity index (χ0v) is 13.3. The standard InChI is InChI=1S/C20H12ClNO2/c21-15-7-3-6-14(8-15)18-11-17(20(23)24)16-9-12-4-1-2-5-13(12)10-19(16)22-18/h1-11H,(H,23,24). The summed E-state index contributed by atoms with van der Waals surface area (Å²) in [6.45, 7) is 0. The summed E-state index contributed by atoms with van der Waals surface area (Å²) in [7, 11) is 0. The van der Waals surface area contributed by atoms with E-state index in [1.807, 2.05) is 48.5 Å². The highest BCUT2D eigenvalue weighted by Gasteiger charge is 2.14. The number of fused-ring (bicyclic) bond motifs is 2. The van der Waals surface area contributed by atoms with Gasteiger partial charge in [0.25, 0.3) is 0 Å². The number of benzene rings is 3. The lowest BCUT2D eigenvalue weighted by molar-refractivity contribution is 0.0699. The first-order chi connectivity index (χ1) is 11.6. The lowest BCUT2D eigenvalue weighted by Gasteiger charge is -2.09. The molecule has 0 saturated heterocycles. The quantitative estimate of drug-likeness (QED) is 0.499. The van der Waals surface area contributed by atoms with Gasteiger partial charge in [0.2, 0.25) is 0 Å². The molecular formula is C20H12ClNO2. The van der Waals surface area contributed by atoms with Gasteiger partial charge < -0.3 is 5.11 Å². The molecule has 0 atom stereocenters. The summed E-state index contributed by atoms with van der Waals surface area (Å²) in [6, 6.07) is 20.5. The first kappa shape index (κ1) is 14.7. The summed E-state index contributed by atoms with van der Waals surface area (Å²) in [5, 5.41) is 12.9. The van der Waals surface area contributed by atoms with Crippen LogP contribution in [0.4, 0.5) is 0 Å². The van der Waals surface area contributed by atoms with Gasteiger partial charge in [0.05, 0.1) is 16.8 Å². The number of hydrogen-bond acceptors (Lipinski definition) is 2. The smallest absolute Gasteiger partial charge is 0.336 e. The molecule has 0 bridgehead atoms. The van der Waals surface area contributed by atoms with Crippen molar-refractivity contribution in [3.63, 3.8) is 0 Å². The van der Waals surface area contributed by atoms with Crippen LogP contribution in [0.25, 0.3) is 32.9 Å². The fraction of sp³-hybridized carbons (Fsp3) is 0. The Hall–Kier alpha value is -2.91. The number of halogens is 1. The van der Waals surface area contributed by atoms with Crippen molar-refractivity contribution in [3.05, 3.63) is 77.3 Å². The highest BCUT2D eigenvalue weighted by molar-refractivity contribution is 6.30. The maximum Gasteiger partial charge on any atom is 0.336 e. The maximum absolute atomic E-state index is 11.7. The average molecular weight is 334 g/mol. The normalized spacial score (nSPS) is 11.0. The van der Waals surface area contributed by atoms with Crippen molar-refractivity contribution in [1.82, 2.24) is 4.98 Å². The summed E-state index contributed by atoms with van der Waals surface area (Å²) in [5.74, 6) is -0.971. The van der Waals surface area contributed by atoms with Crippen molar-refractivity contribution in [1.29, 1.82) is 0 Å². The zero-order valence-electron chi connectivity index (χ0n) is 12.5. The number of carboxylic acids is 1. The highest BCUT2D eigenvalue weighted by Crippen LogP contribution is 2.29. The van der Waals surface area contributed by atoms with Crippen molar-refractivity contribution in [2.45, 2.75) is 0 Å². The molecule has 0 saturated carbocycles. The lowest BCUT2D eigenvalue weighted by Crippen LogP contribution is -2.00. The van der Waals surface area contributed by atoms with Gasteiger partial charge in [0, 0.05) is 16.0 Å². The first-order valence-corrected chi connectivity index (χ1v) is 7.82. The molecule has 116 valence electrons. The largest absolute Gasteiger partial charge is 0.478 e. The summed E-state index contributed by atoms with van der Waals surface area (Å²) in [6.07, 6.45) is 0. The van der Waals surface area contributed by atoms with Gasteiger partial charge in [0.1, 0.15) is 0 Å². The minimum absolute atomic E-state index is 0.237. The molecular weight excluding hydrogens is 322 g/mol. The topological polar surface area (TPSA) is 50.2 Å². The van der Waals surface area contributed by atoms with E-state index in [4.69, 9.17) is 11.6 Å². The number of pyridine rings is 1. The molecule has 3 aromatic carbocycles. The number of hydrogen-bond donors (Lipinski definition) is 1. The number of aromatic nitrogens is 1. The van der Waals surface area contributed by atoms with Crippen LogP contribution in [-0.2, 0) is 0 Å². The van der Waals surface area contributed by atoms with Gasteiger partial charge in [-0.25, -0.2) is 9.78 Å². The van der Waals surface area contributed by atoms with Crippen molar-refractivity contribution < 1.29 is 9.90 Å². The molecule has 0 aliphatic rings. The molecule has 4 rings (SSSR count). The molecule has 0 fully saturated rings. The van der Waals surface area contributed by atoms with Gasteiger partial charge in [0.15, 0.2) is 0 Å². The van der Waals surface area contributed by atoms with E-state index in [-0.39, 0.29) is 5.56 Å². The van der Waals surface area contributed by atoms with E-state index in [1.54, 1.807) is 18.2 Å². The summed E-state index contributed by atoms with van der Waals surface area (Å²) < 4.78 is 0. The molecule has 1 aromatic heterocycles. The minimum atomic E-state index is -0.971. The van der Waals surface area contributed by atoms with E-state index in [0.717, 1.165) is 16.3 Å². The van der Waals surface area contributed by atoms with Gasteiger partial charge in [-0.3, -0.25) is 0 Å². The van der Waals surface area contributed by atoms with Gasteiger partial charge in [-0.2, -0.15) is 0 Å². The van der Waals surface area contributed by atoms with E-state index in [9.17, 15) is 9.90 Å². The summed E-state index contributed by atoms with van der Waals surface area (Å²) in [5.41, 5.74) is 2.28. The van der Waals surface area contributed by atoms with Gasteiger partial charge in [-0.15, -0.1) is 0 Å². The number of carbonyl (C=O) groups is 1. The molecule has 3 nitrogen and oxygen atoms in total. The molecule has 0 spiro atoms. The Balaban J connectivity index is 2.06. The number of nitrogens with zero attached hydrogens (tertiary/aromatic N) is 1. The third kappa shape index (κ3) is 2.49. The van der Waals surface area contributed by atoms with Crippen LogP contribution in [0.3, 0.4) is 0 Å². The molecule has 0 aliphatic heterocycles. The second-order valence-corrected chi connectivity index (χ2v) is 6.02. The number of carboxylic acid groups (broad SMARTS) is 1. The molecule has 0 aliphatic carbocycles. The van der Waals surface area contributed by atoms with Crippen LogP contribution in [0.5, 0.6) is 0 Å². The van der Waals surface area contributed by atoms with Gasteiger partial charge >= 0.3 is 5.97 Å². The third-order valence-corrected chi connectivity index (χ3v) is 4.26. The molecule has 1 N–H and O–H groups in total. The third-order valence-electron chi connectivity index (χ3n) is 4.03. The summed E-state index contributed by atoms with van der Waals surface area (Å²) in [4.78, 5) is 16.4. The SMILES string of the molecule is O=C(O)c1cc(-c2cccc(Cl)c2)nc2cc3ccccc3cc12. The minimum Gasteiger partial charge on any atom is -0.478 e. The maximum atomic E-state index is 11.7. The molecule has 0 amide bonds. The van der Waals surface area contributed by atoms with Crippen molar-refractivity contribution >= 4 is 39.2 Å². The Bertz CT molecular complexity index is 1110. The molecule has 0 radical (unpaired) electrons. The second-order valence-electron chi connectivity index (χ2n) is 5.59. The van der Waals surface area contributed by atoms with Crippen LogP contribution in [0, 0.1) is 0 Å². The Kier molecular flexibility index (Phi) is 3.44. The van der Waals surface area contributed by atoms with Crippen LogP contribution in [0.15, 0.2) is 66.7 Å². The Morgan fingerprint density at radius 1 is 0.917 bits per heavy atom. The predicted molar refractivity (Wildman–Crippen MR) is 96.7 cm³/mol. The van der Waals surface area contributed by atoms with Crippen LogP contribution in [-0.4, -0.2) is 16.1 Å². The Morgan fingerprint density at radius 3 is 2.38 bits per heavy atom. The molecule has 0 unspecified atom stereocenters. The van der Waals surface area contributed by atoms with Crippen molar-refractivity contribution in [3.8, 4) is 11.3 Å². The van der Waals surface area contributed by atoms with E-state index >= 15 is 0 Å². The van der Waals surface area contributed by atoms with Crippen LogP contribution >= 0.6 is 11.6 Å². The molecule has 4 heteroatoms. The van der Waals surface area contributed by atoms with E-state index in [2.05, 4.69) is 4.98 Å². The summed E-state index contributed by atoms with van der Waals surface area (Å²) >= 11 is 6.05. The zero-order chi connectivity index (χ0) is 16.7. The van der Waals surface area contributed by atoms with Gasteiger partial charge in [-0.05, 0) is 41.1 Å². The van der Waals surface area contributed by atoms with Gasteiger partial charge in [-0.1, -0.05) is 48.0 Å². The lowest BCUT2D eigenvalue weighted by atomic mass is 10.0. The average Bonchev–Trinajstić information content (AvgIpc) is 2.58. The highest BCUT2D eigenvalue weighted by atomic mass is 35.5. The molecule has 4 aromatic rings. The molecule has 24 heavy (non-hydrogen) atoms. The number of rotatable bonds is 2. The fourth-order valence-corrected chi connectivity index (χ4v) is 3.08. The number of aromatic carboxylic acids is 1. The predicted octanol–water partition coefficient (Wildman–Crippen LogP) is 5.41. The van der Waals surface area contributed by atoms with Crippen molar-refractivity contribution in [2.24, 2.45) is 0 Å². The molecule has 1 heterocycles. The second kappa shape index (κ2) is 5.62. The van der Waals surface area contributed by atoms with E-state index in [0.29, 0.717) is 21.6 Å². The first-order valence-electron chi connectivity index (χ1n) is 7.44. The van der Waals surface area contributed by atoms with Crippen molar-refractivity contribution in [2.75, 3.05) is 0 Å².